The van der Waals surface area contributed by atoms with Crippen LogP contribution in [0.25, 0.3) is 0 Å². The standard InChI is InChI=1S/C14H15N3O3/c1-2-10-3-4-13(12(7-10)17(18)19)20-9-11-5-6-16-14(15)8-11/h3-8H,2,9H2,1H3,(H2,15,16). The summed E-state index contributed by atoms with van der Waals surface area (Å²) in [5.74, 6) is 0.643. The number of aromatic nitrogens is 1. The molecule has 0 saturated heterocycles. The predicted molar refractivity (Wildman–Crippen MR) is 75.5 cm³/mol. The third-order valence-electron chi connectivity index (χ3n) is 2.87. The molecular formula is C14H15N3O3. The van der Waals surface area contributed by atoms with Gasteiger partial charge < -0.3 is 10.5 Å². The van der Waals surface area contributed by atoms with Gasteiger partial charge in [0.1, 0.15) is 12.4 Å². The van der Waals surface area contributed by atoms with E-state index in [0.29, 0.717) is 5.82 Å². The first kappa shape index (κ1) is 13.8. The summed E-state index contributed by atoms with van der Waals surface area (Å²) >= 11 is 0. The Hall–Kier alpha value is -2.63. The molecule has 2 aromatic rings. The lowest BCUT2D eigenvalue weighted by Crippen LogP contribution is -2.01. The van der Waals surface area contributed by atoms with Gasteiger partial charge in [-0.15, -0.1) is 0 Å². The minimum atomic E-state index is -0.435. The van der Waals surface area contributed by atoms with E-state index in [1.807, 2.05) is 13.0 Å². The molecule has 20 heavy (non-hydrogen) atoms. The van der Waals surface area contributed by atoms with Gasteiger partial charge in [0.15, 0.2) is 5.75 Å². The van der Waals surface area contributed by atoms with Crippen LogP contribution in [0, 0.1) is 10.1 Å². The number of ether oxygens (including phenoxy) is 1. The second-order valence-electron chi connectivity index (χ2n) is 4.29. The van der Waals surface area contributed by atoms with Crippen molar-refractivity contribution >= 4 is 11.5 Å². The lowest BCUT2D eigenvalue weighted by atomic mass is 10.1. The molecule has 0 aliphatic carbocycles. The Balaban J connectivity index is 2.18. The number of anilines is 1. The molecular weight excluding hydrogens is 258 g/mol. The first-order valence-electron chi connectivity index (χ1n) is 6.20. The molecule has 6 heteroatoms. The summed E-state index contributed by atoms with van der Waals surface area (Å²) in [5.41, 5.74) is 7.26. The number of benzene rings is 1. The van der Waals surface area contributed by atoms with Crippen LogP contribution in [0.4, 0.5) is 11.5 Å². The zero-order chi connectivity index (χ0) is 14.5. The molecule has 1 aromatic heterocycles. The average Bonchev–Trinajstić information content (AvgIpc) is 2.45. The molecule has 0 amide bonds. The van der Waals surface area contributed by atoms with Gasteiger partial charge in [0, 0.05) is 12.3 Å². The molecule has 0 saturated carbocycles. The summed E-state index contributed by atoms with van der Waals surface area (Å²) < 4.78 is 5.51. The third-order valence-corrected chi connectivity index (χ3v) is 2.87. The van der Waals surface area contributed by atoms with E-state index < -0.39 is 4.92 Å². The van der Waals surface area contributed by atoms with Gasteiger partial charge in [-0.2, -0.15) is 0 Å². The van der Waals surface area contributed by atoms with E-state index in [-0.39, 0.29) is 18.0 Å². The van der Waals surface area contributed by atoms with Crippen LogP contribution in [-0.2, 0) is 13.0 Å². The van der Waals surface area contributed by atoms with Crippen LogP contribution < -0.4 is 10.5 Å². The number of rotatable bonds is 5. The highest BCUT2D eigenvalue weighted by Crippen LogP contribution is 2.28. The Bertz CT molecular complexity index is 629. The Kier molecular flexibility index (Phi) is 4.14. The van der Waals surface area contributed by atoms with Crippen LogP contribution in [-0.4, -0.2) is 9.91 Å². The number of nitrogens with zero attached hydrogens (tertiary/aromatic N) is 2. The van der Waals surface area contributed by atoms with Crippen LogP contribution in [0.3, 0.4) is 0 Å². The highest BCUT2D eigenvalue weighted by atomic mass is 16.6. The molecule has 2 rings (SSSR count). The summed E-state index contributed by atoms with van der Waals surface area (Å²) in [6, 6.07) is 8.41. The fourth-order valence-corrected chi connectivity index (χ4v) is 1.79. The van der Waals surface area contributed by atoms with Crippen molar-refractivity contribution in [3.63, 3.8) is 0 Å². The molecule has 0 unspecified atom stereocenters. The molecule has 104 valence electrons. The van der Waals surface area contributed by atoms with E-state index in [0.717, 1.165) is 17.5 Å². The summed E-state index contributed by atoms with van der Waals surface area (Å²) in [4.78, 5) is 14.5. The number of aryl methyl sites for hydroxylation is 1. The summed E-state index contributed by atoms with van der Waals surface area (Å²) in [6.45, 7) is 2.15. The van der Waals surface area contributed by atoms with Gasteiger partial charge in [0.2, 0.25) is 0 Å². The number of nitro benzene ring substituents is 1. The molecule has 0 atom stereocenters. The molecule has 1 heterocycles. The van der Waals surface area contributed by atoms with Crippen molar-refractivity contribution in [1.29, 1.82) is 0 Å². The number of hydrogen-bond acceptors (Lipinski definition) is 5. The molecule has 0 fully saturated rings. The van der Waals surface area contributed by atoms with Gasteiger partial charge >= 0.3 is 5.69 Å². The molecule has 1 aromatic carbocycles. The summed E-state index contributed by atoms with van der Waals surface area (Å²) in [6.07, 6.45) is 2.31. The predicted octanol–water partition coefficient (Wildman–Crippen LogP) is 2.71. The Labute approximate surface area is 116 Å². The molecule has 0 radical (unpaired) electrons. The maximum atomic E-state index is 11.1. The maximum Gasteiger partial charge on any atom is 0.311 e. The third kappa shape index (κ3) is 3.23. The van der Waals surface area contributed by atoms with E-state index in [1.54, 1.807) is 24.4 Å². The lowest BCUT2D eigenvalue weighted by Gasteiger charge is -2.08. The largest absolute Gasteiger partial charge is 0.482 e. The smallest absolute Gasteiger partial charge is 0.311 e. The summed E-state index contributed by atoms with van der Waals surface area (Å²) in [7, 11) is 0. The normalized spacial score (nSPS) is 10.2. The summed E-state index contributed by atoms with van der Waals surface area (Å²) in [5, 5.41) is 11.1. The van der Waals surface area contributed by atoms with E-state index in [1.165, 1.54) is 6.07 Å². The van der Waals surface area contributed by atoms with Crippen molar-refractivity contribution < 1.29 is 9.66 Å². The zero-order valence-electron chi connectivity index (χ0n) is 11.1. The first-order valence-corrected chi connectivity index (χ1v) is 6.20. The fourth-order valence-electron chi connectivity index (χ4n) is 1.79. The van der Waals surface area contributed by atoms with Crippen LogP contribution >= 0.6 is 0 Å². The zero-order valence-corrected chi connectivity index (χ0v) is 11.1. The first-order chi connectivity index (χ1) is 9.60. The second-order valence-corrected chi connectivity index (χ2v) is 4.29. The van der Waals surface area contributed by atoms with Gasteiger partial charge in [0.25, 0.3) is 0 Å². The minimum Gasteiger partial charge on any atom is -0.482 e. The van der Waals surface area contributed by atoms with Gasteiger partial charge in [-0.3, -0.25) is 10.1 Å². The van der Waals surface area contributed by atoms with E-state index in [2.05, 4.69) is 4.98 Å². The lowest BCUT2D eigenvalue weighted by molar-refractivity contribution is -0.386. The Morgan fingerprint density at radius 1 is 1.30 bits per heavy atom. The van der Waals surface area contributed by atoms with Crippen LogP contribution in [0.1, 0.15) is 18.1 Å². The van der Waals surface area contributed by atoms with Crippen molar-refractivity contribution in [3.8, 4) is 5.75 Å². The van der Waals surface area contributed by atoms with Crippen molar-refractivity contribution in [2.75, 3.05) is 5.73 Å². The minimum absolute atomic E-state index is 0.0219. The molecule has 0 aliphatic rings. The van der Waals surface area contributed by atoms with Gasteiger partial charge in [-0.1, -0.05) is 13.0 Å². The topological polar surface area (TPSA) is 91.3 Å². The number of nitrogens with two attached hydrogens (primary N) is 1. The number of hydrogen-bond donors (Lipinski definition) is 1. The van der Waals surface area contributed by atoms with E-state index in [9.17, 15) is 10.1 Å². The van der Waals surface area contributed by atoms with Gasteiger partial charge in [0.05, 0.1) is 4.92 Å². The monoisotopic (exact) mass is 273 g/mol. The number of nitrogen functional groups attached to an aromatic ring is 1. The van der Waals surface area contributed by atoms with Crippen molar-refractivity contribution in [2.45, 2.75) is 20.0 Å². The van der Waals surface area contributed by atoms with E-state index >= 15 is 0 Å². The highest BCUT2D eigenvalue weighted by Gasteiger charge is 2.15. The molecule has 0 bridgehead atoms. The molecule has 0 aliphatic heterocycles. The molecule has 0 spiro atoms. The van der Waals surface area contributed by atoms with Crippen molar-refractivity contribution in [1.82, 2.24) is 4.98 Å². The van der Waals surface area contributed by atoms with Crippen LogP contribution in [0.2, 0.25) is 0 Å². The number of nitro groups is 1. The Morgan fingerprint density at radius 2 is 2.10 bits per heavy atom. The number of pyridine rings is 1. The quantitative estimate of drug-likeness (QED) is 0.668. The van der Waals surface area contributed by atoms with E-state index in [4.69, 9.17) is 10.5 Å². The average molecular weight is 273 g/mol. The second kappa shape index (κ2) is 6.01. The highest BCUT2D eigenvalue weighted by molar-refractivity contribution is 5.48. The van der Waals surface area contributed by atoms with Crippen LogP contribution in [0.15, 0.2) is 36.5 Å². The van der Waals surface area contributed by atoms with Gasteiger partial charge in [-0.05, 0) is 35.7 Å². The van der Waals surface area contributed by atoms with Gasteiger partial charge in [-0.25, -0.2) is 4.98 Å². The van der Waals surface area contributed by atoms with Crippen molar-refractivity contribution in [3.05, 3.63) is 57.8 Å². The van der Waals surface area contributed by atoms with Crippen LogP contribution in [0.5, 0.6) is 5.75 Å². The molecule has 2 N–H and O–H groups in total. The SMILES string of the molecule is CCc1ccc(OCc2ccnc(N)c2)c([N+](=O)[O-])c1. The maximum absolute atomic E-state index is 11.1. The Morgan fingerprint density at radius 3 is 2.75 bits per heavy atom. The van der Waals surface area contributed by atoms with Crippen molar-refractivity contribution in [2.24, 2.45) is 0 Å². The molecule has 6 nitrogen and oxygen atoms in total. The fraction of sp³-hybridized carbons (Fsp3) is 0.214.